The number of nitrogens with one attached hydrogen (secondary N) is 1. The molecule has 3 nitrogen and oxygen atoms in total. The third kappa shape index (κ3) is 5.91. The minimum Gasteiger partial charge on any atom is -0.494 e. The Bertz CT molecular complexity index is 303. The zero-order chi connectivity index (χ0) is 11.8. The lowest BCUT2D eigenvalue weighted by Gasteiger charge is -2.14. The molecular formula is C13H22ClNO2. The molecule has 0 spiro atoms. The monoisotopic (exact) mass is 259 g/mol. The lowest BCUT2D eigenvalue weighted by molar-refractivity contribution is 0.238. The second kappa shape index (κ2) is 9.28. The van der Waals surface area contributed by atoms with Crippen LogP contribution < -0.4 is 10.1 Å². The normalized spacial score (nSPS) is 11.7. The minimum absolute atomic E-state index is 0. The molecule has 1 aromatic carbocycles. The van der Waals surface area contributed by atoms with Crippen LogP contribution in [-0.4, -0.2) is 24.4 Å². The summed E-state index contributed by atoms with van der Waals surface area (Å²) in [5.74, 6) is 0.902. The van der Waals surface area contributed by atoms with Gasteiger partial charge >= 0.3 is 0 Å². The molecule has 0 aliphatic carbocycles. The average Bonchev–Trinajstić information content (AvgIpc) is 2.31. The second-order valence-corrected chi connectivity index (χ2v) is 3.75. The fourth-order valence-electron chi connectivity index (χ4n) is 1.51. The topological polar surface area (TPSA) is 41.5 Å². The van der Waals surface area contributed by atoms with Gasteiger partial charge in [0.15, 0.2) is 0 Å². The number of hydrogen-bond donors (Lipinski definition) is 2. The minimum atomic E-state index is 0. The van der Waals surface area contributed by atoms with Crippen molar-refractivity contribution < 1.29 is 9.84 Å². The number of rotatable bonds is 7. The number of aliphatic hydroxyl groups excluding tert-OH is 1. The van der Waals surface area contributed by atoms with E-state index in [4.69, 9.17) is 9.84 Å². The van der Waals surface area contributed by atoms with E-state index < -0.39 is 0 Å². The SMILES string of the molecule is CCOc1cccc(CNC(CC)CO)c1.Cl. The van der Waals surface area contributed by atoms with Crippen LogP contribution in [0.4, 0.5) is 0 Å². The molecule has 1 unspecified atom stereocenters. The summed E-state index contributed by atoms with van der Waals surface area (Å²) in [6, 6.07) is 8.20. The lowest BCUT2D eigenvalue weighted by atomic mass is 10.2. The van der Waals surface area contributed by atoms with Gasteiger partial charge in [-0.05, 0) is 31.0 Å². The molecule has 2 N–H and O–H groups in total. The summed E-state index contributed by atoms with van der Waals surface area (Å²) in [5.41, 5.74) is 1.18. The zero-order valence-electron chi connectivity index (χ0n) is 10.5. The molecule has 0 bridgehead atoms. The Kier molecular flexibility index (Phi) is 8.86. The molecule has 1 atom stereocenters. The van der Waals surface area contributed by atoms with Crippen LogP contribution in [0.1, 0.15) is 25.8 Å². The molecule has 1 aromatic rings. The van der Waals surface area contributed by atoms with Gasteiger partial charge in [-0.15, -0.1) is 12.4 Å². The van der Waals surface area contributed by atoms with E-state index in [0.29, 0.717) is 6.61 Å². The molecule has 0 aromatic heterocycles. The highest BCUT2D eigenvalue weighted by Gasteiger charge is 2.03. The maximum Gasteiger partial charge on any atom is 0.119 e. The van der Waals surface area contributed by atoms with Crippen molar-refractivity contribution >= 4 is 12.4 Å². The van der Waals surface area contributed by atoms with Crippen molar-refractivity contribution in [3.8, 4) is 5.75 Å². The van der Waals surface area contributed by atoms with E-state index >= 15 is 0 Å². The smallest absolute Gasteiger partial charge is 0.119 e. The van der Waals surface area contributed by atoms with Crippen molar-refractivity contribution in [2.24, 2.45) is 0 Å². The van der Waals surface area contributed by atoms with E-state index in [1.165, 1.54) is 5.56 Å². The van der Waals surface area contributed by atoms with Crippen LogP contribution in [-0.2, 0) is 6.54 Å². The fourth-order valence-corrected chi connectivity index (χ4v) is 1.51. The Morgan fingerprint density at radius 1 is 1.35 bits per heavy atom. The molecular weight excluding hydrogens is 238 g/mol. The number of aliphatic hydroxyl groups is 1. The molecule has 0 aliphatic heterocycles. The molecule has 4 heteroatoms. The fraction of sp³-hybridized carbons (Fsp3) is 0.538. The highest BCUT2D eigenvalue weighted by atomic mass is 35.5. The van der Waals surface area contributed by atoms with E-state index in [2.05, 4.69) is 18.3 Å². The second-order valence-electron chi connectivity index (χ2n) is 3.75. The summed E-state index contributed by atoms with van der Waals surface area (Å²) in [5, 5.41) is 12.4. The predicted molar refractivity (Wildman–Crippen MR) is 72.9 cm³/mol. The number of halogens is 1. The number of hydrogen-bond acceptors (Lipinski definition) is 3. The molecule has 0 aliphatic rings. The van der Waals surface area contributed by atoms with E-state index in [9.17, 15) is 0 Å². The van der Waals surface area contributed by atoms with Gasteiger partial charge in [-0.2, -0.15) is 0 Å². The molecule has 0 radical (unpaired) electrons. The van der Waals surface area contributed by atoms with Gasteiger partial charge in [0, 0.05) is 12.6 Å². The third-order valence-corrected chi connectivity index (χ3v) is 2.52. The summed E-state index contributed by atoms with van der Waals surface area (Å²) in [4.78, 5) is 0. The van der Waals surface area contributed by atoms with Crippen molar-refractivity contribution in [2.75, 3.05) is 13.2 Å². The maximum absolute atomic E-state index is 9.06. The summed E-state index contributed by atoms with van der Waals surface area (Å²) >= 11 is 0. The van der Waals surface area contributed by atoms with Crippen molar-refractivity contribution in [3.05, 3.63) is 29.8 Å². The Morgan fingerprint density at radius 2 is 2.12 bits per heavy atom. The van der Waals surface area contributed by atoms with Crippen LogP contribution in [0.3, 0.4) is 0 Å². The largest absolute Gasteiger partial charge is 0.494 e. The van der Waals surface area contributed by atoms with Crippen LogP contribution in [0.5, 0.6) is 5.75 Å². The average molecular weight is 260 g/mol. The van der Waals surface area contributed by atoms with Gasteiger partial charge in [-0.3, -0.25) is 0 Å². The van der Waals surface area contributed by atoms with Gasteiger partial charge in [-0.1, -0.05) is 19.1 Å². The first-order valence-corrected chi connectivity index (χ1v) is 5.86. The zero-order valence-corrected chi connectivity index (χ0v) is 11.3. The quantitative estimate of drug-likeness (QED) is 0.790. The summed E-state index contributed by atoms with van der Waals surface area (Å²) < 4.78 is 5.43. The van der Waals surface area contributed by atoms with Crippen LogP contribution in [0, 0.1) is 0 Å². The molecule has 0 heterocycles. The third-order valence-electron chi connectivity index (χ3n) is 2.52. The van der Waals surface area contributed by atoms with Crippen molar-refractivity contribution in [3.63, 3.8) is 0 Å². The van der Waals surface area contributed by atoms with Gasteiger partial charge in [0.25, 0.3) is 0 Å². The van der Waals surface area contributed by atoms with Crippen LogP contribution in [0.15, 0.2) is 24.3 Å². The first-order valence-electron chi connectivity index (χ1n) is 5.86. The van der Waals surface area contributed by atoms with Crippen LogP contribution in [0.25, 0.3) is 0 Å². The first-order chi connectivity index (χ1) is 7.80. The summed E-state index contributed by atoms with van der Waals surface area (Å²) in [7, 11) is 0. The molecule has 98 valence electrons. The molecule has 1 rings (SSSR count). The number of ether oxygens (including phenoxy) is 1. The molecule has 0 fully saturated rings. The summed E-state index contributed by atoms with van der Waals surface area (Å²) in [6.07, 6.45) is 0.932. The standard InChI is InChI=1S/C13H21NO2.ClH/c1-3-12(10-15)14-9-11-6-5-7-13(8-11)16-4-2;/h5-8,12,14-15H,3-4,9-10H2,1-2H3;1H. The molecule has 0 saturated carbocycles. The van der Waals surface area contributed by atoms with Crippen LogP contribution in [0.2, 0.25) is 0 Å². The number of benzene rings is 1. The molecule has 0 amide bonds. The highest BCUT2D eigenvalue weighted by Crippen LogP contribution is 2.13. The highest BCUT2D eigenvalue weighted by molar-refractivity contribution is 5.85. The van der Waals surface area contributed by atoms with E-state index in [1.54, 1.807) is 0 Å². The van der Waals surface area contributed by atoms with Crippen LogP contribution >= 0.6 is 12.4 Å². The Hall–Kier alpha value is -0.770. The van der Waals surface area contributed by atoms with Gasteiger partial charge in [-0.25, -0.2) is 0 Å². The van der Waals surface area contributed by atoms with E-state index in [-0.39, 0.29) is 25.1 Å². The summed E-state index contributed by atoms with van der Waals surface area (Å²) in [6.45, 7) is 5.67. The maximum atomic E-state index is 9.06. The molecule has 17 heavy (non-hydrogen) atoms. The predicted octanol–water partition coefficient (Wildman–Crippen LogP) is 2.37. The lowest BCUT2D eigenvalue weighted by Crippen LogP contribution is -2.31. The molecule has 0 saturated heterocycles. The van der Waals surface area contributed by atoms with Gasteiger partial charge < -0.3 is 15.2 Å². The van der Waals surface area contributed by atoms with Crippen molar-refractivity contribution in [1.29, 1.82) is 0 Å². The van der Waals surface area contributed by atoms with Crippen molar-refractivity contribution in [1.82, 2.24) is 5.32 Å². The van der Waals surface area contributed by atoms with Crippen molar-refractivity contribution in [2.45, 2.75) is 32.9 Å². The Balaban J connectivity index is 0.00000256. The van der Waals surface area contributed by atoms with E-state index in [1.807, 2.05) is 25.1 Å². The van der Waals surface area contributed by atoms with Gasteiger partial charge in [0.05, 0.1) is 13.2 Å². The first kappa shape index (κ1) is 16.2. The van der Waals surface area contributed by atoms with Gasteiger partial charge in [0.1, 0.15) is 5.75 Å². The van der Waals surface area contributed by atoms with E-state index in [0.717, 1.165) is 18.7 Å². The Labute approximate surface area is 110 Å². The Morgan fingerprint density at radius 3 is 2.71 bits per heavy atom. The van der Waals surface area contributed by atoms with Gasteiger partial charge in [0.2, 0.25) is 0 Å².